The van der Waals surface area contributed by atoms with E-state index in [2.05, 4.69) is 0 Å². The van der Waals surface area contributed by atoms with Crippen molar-refractivity contribution >= 4 is 11.3 Å². The summed E-state index contributed by atoms with van der Waals surface area (Å²) < 4.78 is 26.9. The molecule has 78 valence electrons. The molecule has 0 spiro atoms. The van der Waals surface area contributed by atoms with Gasteiger partial charge in [-0.25, -0.2) is 8.78 Å². The molecule has 1 aromatic heterocycles. The topological polar surface area (TPSA) is 26.0 Å². The van der Waals surface area contributed by atoms with E-state index in [1.165, 1.54) is 29.5 Å². The predicted molar refractivity (Wildman–Crippen MR) is 57.6 cm³/mol. The van der Waals surface area contributed by atoms with Gasteiger partial charge in [0, 0.05) is 17.0 Å². The summed E-state index contributed by atoms with van der Waals surface area (Å²) in [4.78, 5) is 0.791. The molecule has 0 saturated carbocycles. The molecule has 0 aliphatic rings. The highest BCUT2D eigenvalue weighted by atomic mass is 32.1. The minimum Gasteiger partial charge on any atom is -0.326 e. The van der Waals surface area contributed by atoms with Crippen LogP contribution < -0.4 is 5.73 Å². The van der Waals surface area contributed by atoms with Crippen LogP contribution in [0.1, 0.15) is 4.88 Å². The number of thiophene rings is 1. The molecule has 0 fully saturated rings. The minimum atomic E-state index is -0.553. The summed E-state index contributed by atoms with van der Waals surface area (Å²) in [5.74, 6) is -1.11. The van der Waals surface area contributed by atoms with Crippen LogP contribution in [0.2, 0.25) is 0 Å². The molecule has 2 rings (SSSR count). The normalized spacial score (nSPS) is 10.6. The Balaban J connectivity index is 2.63. The van der Waals surface area contributed by atoms with Crippen molar-refractivity contribution in [2.75, 3.05) is 0 Å². The summed E-state index contributed by atoms with van der Waals surface area (Å²) in [7, 11) is 0. The molecule has 2 N–H and O–H groups in total. The van der Waals surface area contributed by atoms with Gasteiger partial charge in [0.05, 0.1) is 5.56 Å². The Hall–Kier alpha value is -1.26. The fraction of sp³-hybridized carbons (Fsp3) is 0.0909. The Labute approximate surface area is 90.2 Å². The molecule has 1 nitrogen and oxygen atoms in total. The van der Waals surface area contributed by atoms with Crippen molar-refractivity contribution in [1.29, 1.82) is 0 Å². The zero-order valence-electron chi connectivity index (χ0n) is 7.84. The predicted octanol–water partition coefficient (Wildman–Crippen LogP) is 3.15. The van der Waals surface area contributed by atoms with E-state index in [0.29, 0.717) is 12.1 Å². The molecule has 0 radical (unpaired) electrons. The lowest BCUT2D eigenvalue weighted by atomic mass is 10.1. The SMILES string of the molecule is NCc1sccc1-c1c(F)cccc1F. The van der Waals surface area contributed by atoms with Crippen LogP contribution in [0.3, 0.4) is 0 Å². The highest BCUT2D eigenvalue weighted by Gasteiger charge is 2.14. The van der Waals surface area contributed by atoms with Crippen molar-refractivity contribution in [3.8, 4) is 11.1 Å². The van der Waals surface area contributed by atoms with E-state index in [9.17, 15) is 8.78 Å². The standard InChI is InChI=1S/C11H9F2NS/c12-8-2-1-3-9(13)11(8)7-4-5-15-10(7)6-14/h1-5H,6,14H2. The van der Waals surface area contributed by atoms with Crippen molar-refractivity contribution in [3.63, 3.8) is 0 Å². The molecule has 0 amide bonds. The molecular weight excluding hydrogens is 216 g/mol. The summed E-state index contributed by atoms with van der Waals surface area (Å²) in [6.07, 6.45) is 0. The van der Waals surface area contributed by atoms with E-state index < -0.39 is 11.6 Å². The summed E-state index contributed by atoms with van der Waals surface area (Å²) in [6.45, 7) is 0.292. The average molecular weight is 225 g/mol. The second-order valence-electron chi connectivity index (χ2n) is 3.06. The summed E-state index contributed by atoms with van der Waals surface area (Å²) in [5, 5.41) is 1.78. The Kier molecular flexibility index (Phi) is 2.79. The van der Waals surface area contributed by atoms with Gasteiger partial charge in [-0.05, 0) is 23.6 Å². The van der Waals surface area contributed by atoms with E-state index in [-0.39, 0.29) is 5.56 Å². The highest BCUT2D eigenvalue weighted by molar-refractivity contribution is 7.10. The molecule has 0 unspecified atom stereocenters. The van der Waals surface area contributed by atoms with Crippen molar-refractivity contribution < 1.29 is 8.78 Å². The van der Waals surface area contributed by atoms with Gasteiger partial charge in [0.1, 0.15) is 11.6 Å². The van der Waals surface area contributed by atoms with Gasteiger partial charge in [0.2, 0.25) is 0 Å². The summed E-state index contributed by atoms with van der Waals surface area (Å²) in [5.41, 5.74) is 6.07. The zero-order chi connectivity index (χ0) is 10.8. The van der Waals surface area contributed by atoms with Gasteiger partial charge in [-0.3, -0.25) is 0 Å². The molecular formula is C11H9F2NS. The van der Waals surface area contributed by atoms with E-state index in [0.717, 1.165) is 4.88 Å². The Bertz CT molecular complexity index is 459. The van der Waals surface area contributed by atoms with Crippen molar-refractivity contribution in [3.05, 3.63) is 46.2 Å². The fourth-order valence-electron chi connectivity index (χ4n) is 1.48. The number of hydrogen-bond donors (Lipinski definition) is 1. The Morgan fingerprint density at radius 3 is 2.40 bits per heavy atom. The van der Waals surface area contributed by atoms with E-state index in [1.807, 2.05) is 0 Å². The van der Waals surface area contributed by atoms with Crippen molar-refractivity contribution in [2.24, 2.45) is 5.73 Å². The van der Waals surface area contributed by atoms with Gasteiger partial charge in [-0.2, -0.15) is 0 Å². The van der Waals surface area contributed by atoms with Gasteiger partial charge < -0.3 is 5.73 Å². The molecule has 0 bridgehead atoms. The second kappa shape index (κ2) is 4.08. The average Bonchev–Trinajstić information content (AvgIpc) is 2.65. The monoisotopic (exact) mass is 225 g/mol. The number of rotatable bonds is 2. The van der Waals surface area contributed by atoms with Crippen LogP contribution in [0.5, 0.6) is 0 Å². The molecule has 0 aliphatic carbocycles. The van der Waals surface area contributed by atoms with E-state index in [4.69, 9.17) is 5.73 Å². The molecule has 1 heterocycles. The zero-order valence-corrected chi connectivity index (χ0v) is 8.65. The molecule has 15 heavy (non-hydrogen) atoms. The third kappa shape index (κ3) is 1.78. The first kappa shape index (κ1) is 10.3. The maximum absolute atomic E-state index is 13.5. The number of halogens is 2. The van der Waals surface area contributed by atoms with E-state index >= 15 is 0 Å². The quantitative estimate of drug-likeness (QED) is 0.834. The Morgan fingerprint density at radius 2 is 1.80 bits per heavy atom. The number of benzene rings is 1. The lowest BCUT2D eigenvalue weighted by molar-refractivity contribution is 0.589. The maximum Gasteiger partial charge on any atom is 0.134 e. The molecule has 2 aromatic rings. The molecule has 0 atom stereocenters. The second-order valence-corrected chi connectivity index (χ2v) is 4.06. The molecule has 0 saturated heterocycles. The van der Waals surface area contributed by atoms with Crippen LogP contribution >= 0.6 is 11.3 Å². The van der Waals surface area contributed by atoms with Gasteiger partial charge in [-0.1, -0.05) is 6.07 Å². The minimum absolute atomic E-state index is 0.0131. The van der Waals surface area contributed by atoms with Crippen LogP contribution in [-0.2, 0) is 6.54 Å². The largest absolute Gasteiger partial charge is 0.326 e. The van der Waals surface area contributed by atoms with Crippen LogP contribution in [0.4, 0.5) is 8.78 Å². The summed E-state index contributed by atoms with van der Waals surface area (Å²) >= 11 is 1.40. The third-order valence-corrected chi connectivity index (χ3v) is 3.11. The number of nitrogens with two attached hydrogens (primary N) is 1. The first-order chi connectivity index (χ1) is 7.24. The fourth-order valence-corrected chi connectivity index (χ4v) is 2.24. The van der Waals surface area contributed by atoms with Crippen LogP contribution in [0.25, 0.3) is 11.1 Å². The maximum atomic E-state index is 13.5. The van der Waals surface area contributed by atoms with Crippen molar-refractivity contribution in [1.82, 2.24) is 0 Å². The van der Waals surface area contributed by atoms with Crippen LogP contribution in [0.15, 0.2) is 29.6 Å². The van der Waals surface area contributed by atoms with E-state index in [1.54, 1.807) is 11.4 Å². The van der Waals surface area contributed by atoms with Crippen LogP contribution in [0, 0.1) is 11.6 Å². The molecule has 1 aromatic carbocycles. The van der Waals surface area contributed by atoms with Crippen LogP contribution in [-0.4, -0.2) is 0 Å². The lowest BCUT2D eigenvalue weighted by Crippen LogP contribution is -1.97. The first-order valence-electron chi connectivity index (χ1n) is 4.45. The Morgan fingerprint density at radius 1 is 1.13 bits per heavy atom. The highest BCUT2D eigenvalue weighted by Crippen LogP contribution is 2.31. The van der Waals surface area contributed by atoms with Gasteiger partial charge in [0.15, 0.2) is 0 Å². The van der Waals surface area contributed by atoms with Gasteiger partial charge in [0.25, 0.3) is 0 Å². The van der Waals surface area contributed by atoms with Crippen molar-refractivity contribution in [2.45, 2.75) is 6.54 Å². The van der Waals surface area contributed by atoms with Gasteiger partial charge in [-0.15, -0.1) is 11.3 Å². The molecule has 0 aliphatic heterocycles. The molecule has 4 heteroatoms. The lowest BCUT2D eigenvalue weighted by Gasteiger charge is -2.04. The number of hydrogen-bond acceptors (Lipinski definition) is 2. The summed E-state index contributed by atoms with van der Waals surface area (Å²) in [6, 6.07) is 5.53. The first-order valence-corrected chi connectivity index (χ1v) is 5.33. The van der Waals surface area contributed by atoms with Gasteiger partial charge >= 0.3 is 0 Å². The smallest absolute Gasteiger partial charge is 0.134 e. The third-order valence-electron chi connectivity index (χ3n) is 2.16.